The van der Waals surface area contributed by atoms with Gasteiger partial charge in [-0.15, -0.1) is 0 Å². The SMILES string of the molecule is CC1CCC(CN)(CC2COc3ccccc32)CC1. The first-order valence-electron chi connectivity index (χ1n) is 7.64. The molecular formula is C17H25NO. The molecule has 0 amide bonds. The first-order valence-corrected chi connectivity index (χ1v) is 7.64. The Hall–Kier alpha value is -1.02. The Kier molecular flexibility index (Phi) is 3.53. The molecule has 1 saturated carbocycles. The molecule has 19 heavy (non-hydrogen) atoms. The molecule has 1 aliphatic heterocycles. The third-order valence-electron chi connectivity index (χ3n) is 5.25. The summed E-state index contributed by atoms with van der Waals surface area (Å²) in [4.78, 5) is 0. The van der Waals surface area contributed by atoms with Gasteiger partial charge in [0, 0.05) is 11.5 Å². The number of hydrogen-bond donors (Lipinski definition) is 1. The van der Waals surface area contributed by atoms with Crippen LogP contribution in [0.5, 0.6) is 5.75 Å². The van der Waals surface area contributed by atoms with Gasteiger partial charge in [0.2, 0.25) is 0 Å². The molecule has 1 atom stereocenters. The van der Waals surface area contributed by atoms with Crippen molar-refractivity contribution in [2.45, 2.75) is 44.9 Å². The van der Waals surface area contributed by atoms with Crippen LogP contribution in [0.3, 0.4) is 0 Å². The van der Waals surface area contributed by atoms with Crippen LogP contribution in [-0.2, 0) is 0 Å². The van der Waals surface area contributed by atoms with Crippen LogP contribution in [0.1, 0.15) is 50.5 Å². The second-order valence-corrected chi connectivity index (χ2v) is 6.64. The molecule has 2 N–H and O–H groups in total. The van der Waals surface area contributed by atoms with E-state index in [1.54, 1.807) is 0 Å². The lowest BCUT2D eigenvalue weighted by atomic mass is 9.66. The summed E-state index contributed by atoms with van der Waals surface area (Å²) in [6, 6.07) is 8.50. The van der Waals surface area contributed by atoms with Crippen molar-refractivity contribution < 1.29 is 4.74 Å². The molecule has 0 saturated heterocycles. The molecule has 1 heterocycles. The molecular weight excluding hydrogens is 234 g/mol. The molecule has 1 aromatic rings. The van der Waals surface area contributed by atoms with E-state index in [2.05, 4.69) is 31.2 Å². The second-order valence-electron chi connectivity index (χ2n) is 6.64. The van der Waals surface area contributed by atoms with E-state index in [4.69, 9.17) is 10.5 Å². The van der Waals surface area contributed by atoms with E-state index in [0.29, 0.717) is 11.3 Å². The summed E-state index contributed by atoms with van der Waals surface area (Å²) in [6.07, 6.45) is 6.47. The third-order valence-corrected chi connectivity index (χ3v) is 5.25. The predicted molar refractivity (Wildman–Crippen MR) is 78.4 cm³/mol. The van der Waals surface area contributed by atoms with Gasteiger partial charge in [0.1, 0.15) is 5.75 Å². The summed E-state index contributed by atoms with van der Waals surface area (Å²) in [5.74, 6) is 2.52. The maximum absolute atomic E-state index is 6.14. The highest BCUT2D eigenvalue weighted by Crippen LogP contribution is 2.47. The smallest absolute Gasteiger partial charge is 0.122 e. The molecule has 1 aliphatic carbocycles. The molecule has 0 spiro atoms. The zero-order valence-electron chi connectivity index (χ0n) is 11.9. The maximum Gasteiger partial charge on any atom is 0.122 e. The minimum Gasteiger partial charge on any atom is -0.493 e. The van der Waals surface area contributed by atoms with Crippen LogP contribution in [0.15, 0.2) is 24.3 Å². The fraction of sp³-hybridized carbons (Fsp3) is 0.647. The minimum absolute atomic E-state index is 0.359. The number of hydrogen-bond acceptors (Lipinski definition) is 2. The molecule has 1 unspecified atom stereocenters. The molecule has 3 rings (SSSR count). The van der Waals surface area contributed by atoms with Gasteiger partial charge in [0.05, 0.1) is 6.61 Å². The molecule has 2 aliphatic rings. The van der Waals surface area contributed by atoms with Crippen LogP contribution >= 0.6 is 0 Å². The van der Waals surface area contributed by atoms with E-state index in [0.717, 1.165) is 24.8 Å². The molecule has 2 heteroatoms. The molecule has 1 aromatic carbocycles. The summed E-state index contributed by atoms with van der Waals surface area (Å²) in [7, 11) is 0. The molecule has 0 aromatic heterocycles. The van der Waals surface area contributed by atoms with Crippen molar-refractivity contribution in [3.8, 4) is 5.75 Å². The van der Waals surface area contributed by atoms with E-state index < -0.39 is 0 Å². The van der Waals surface area contributed by atoms with Crippen LogP contribution in [0, 0.1) is 11.3 Å². The van der Waals surface area contributed by atoms with Gasteiger partial charge in [-0.25, -0.2) is 0 Å². The summed E-state index contributed by atoms with van der Waals surface area (Å²) >= 11 is 0. The van der Waals surface area contributed by atoms with Crippen molar-refractivity contribution in [1.82, 2.24) is 0 Å². The van der Waals surface area contributed by atoms with Gasteiger partial charge >= 0.3 is 0 Å². The summed E-state index contributed by atoms with van der Waals surface area (Å²) in [5.41, 5.74) is 7.90. The lowest BCUT2D eigenvalue weighted by molar-refractivity contribution is 0.134. The van der Waals surface area contributed by atoms with Gasteiger partial charge in [0.15, 0.2) is 0 Å². The van der Waals surface area contributed by atoms with Gasteiger partial charge in [-0.3, -0.25) is 0 Å². The van der Waals surface area contributed by atoms with Gasteiger partial charge in [-0.2, -0.15) is 0 Å². The van der Waals surface area contributed by atoms with E-state index >= 15 is 0 Å². The zero-order chi connectivity index (χ0) is 13.3. The highest BCUT2D eigenvalue weighted by atomic mass is 16.5. The van der Waals surface area contributed by atoms with E-state index in [1.807, 2.05) is 0 Å². The van der Waals surface area contributed by atoms with Crippen molar-refractivity contribution in [3.05, 3.63) is 29.8 Å². The van der Waals surface area contributed by atoms with Crippen molar-refractivity contribution in [1.29, 1.82) is 0 Å². The Bertz CT molecular complexity index is 435. The Morgan fingerprint density at radius 1 is 1.26 bits per heavy atom. The lowest BCUT2D eigenvalue weighted by Gasteiger charge is -2.40. The van der Waals surface area contributed by atoms with Crippen LogP contribution < -0.4 is 10.5 Å². The summed E-state index contributed by atoms with van der Waals surface area (Å²) in [5, 5.41) is 0. The number of fused-ring (bicyclic) bond motifs is 1. The van der Waals surface area contributed by atoms with Crippen molar-refractivity contribution in [3.63, 3.8) is 0 Å². The molecule has 0 bridgehead atoms. The quantitative estimate of drug-likeness (QED) is 0.898. The van der Waals surface area contributed by atoms with Gasteiger partial charge in [0.25, 0.3) is 0 Å². The van der Waals surface area contributed by atoms with Crippen LogP contribution in [0.4, 0.5) is 0 Å². The molecule has 0 radical (unpaired) electrons. The van der Waals surface area contributed by atoms with Gasteiger partial charge in [-0.1, -0.05) is 38.0 Å². The number of ether oxygens (including phenoxy) is 1. The summed E-state index contributed by atoms with van der Waals surface area (Å²) < 4.78 is 5.82. The van der Waals surface area contributed by atoms with Crippen LogP contribution in [-0.4, -0.2) is 13.2 Å². The zero-order valence-corrected chi connectivity index (χ0v) is 11.9. The van der Waals surface area contributed by atoms with E-state index in [9.17, 15) is 0 Å². The Morgan fingerprint density at radius 2 is 2.00 bits per heavy atom. The lowest BCUT2D eigenvalue weighted by Crippen LogP contribution is -2.36. The fourth-order valence-corrected chi connectivity index (χ4v) is 3.79. The topological polar surface area (TPSA) is 35.2 Å². The van der Waals surface area contributed by atoms with Crippen LogP contribution in [0.25, 0.3) is 0 Å². The number of para-hydroxylation sites is 1. The second kappa shape index (κ2) is 5.16. The highest BCUT2D eigenvalue weighted by molar-refractivity contribution is 5.39. The number of benzene rings is 1. The first kappa shape index (κ1) is 13.0. The minimum atomic E-state index is 0.359. The Balaban J connectivity index is 1.74. The summed E-state index contributed by atoms with van der Waals surface area (Å²) in [6.45, 7) is 4.05. The third kappa shape index (κ3) is 2.51. The van der Waals surface area contributed by atoms with Gasteiger partial charge < -0.3 is 10.5 Å². The van der Waals surface area contributed by atoms with E-state index in [1.165, 1.54) is 37.7 Å². The Labute approximate surface area is 116 Å². The molecule has 104 valence electrons. The van der Waals surface area contributed by atoms with E-state index in [-0.39, 0.29) is 0 Å². The average Bonchev–Trinajstić information content (AvgIpc) is 2.85. The molecule has 1 fully saturated rings. The highest BCUT2D eigenvalue weighted by Gasteiger charge is 2.37. The van der Waals surface area contributed by atoms with Crippen molar-refractivity contribution in [2.75, 3.05) is 13.2 Å². The average molecular weight is 259 g/mol. The van der Waals surface area contributed by atoms with Crippen molar-refractivity contribution in [2.24, 2.45) is 17.1 Å². The maximum atomic E-state index is 6.14. The Morgan fingerprint density at radius 3 is 2.74 bits per heavy atom. The number of nitrogens with two attached hydrogens (primary N) is 1. The fourth-order valence-electron chi connectivity index (χ4n) is 3.79. The standard InChI is InChI=1S/C17H25NO/c1-13-6-8-17(12-18,9-7-13)10-14-11-19-16-5-3-2-4-15(14)16/h2-5,13-14H,6-12,18H2,1H3. The predicted octanol–water partition coefficient (Wildman–Crippen LogP) is 3.71. The first-order chi connectivity index (χ1) is 9.22. The number of rotatable bonds is 3. The van der Waals surface area contributed by atoms with Gasteiger partial charge in [-0.05, 0) is 43.2 Å². The molecule has 2 nitrogen and oxygen atoms in total. The normalized spacial score (nSPS) is 33.8. The van der Waals surface area contributed by atoms with Crippen molar-refractivity contribution >= 4 is 0 Å². The monoisotopic (exact) mass is 259 g/mol. The largest absolute Gasteiger partial charge is 0.493 e. The van der Waals surface area contributed by atoms with Crippen LogP contribution in [0.2, 0.25) is 0 Å².